The van der Waals surface area contributed by atoms with Crippen LogP contribution < -0.4 is 58.9 Å². The van der Waals surface area contributed by atoms with E-state index in [1.807, 2.05) is 0 Å². The zero-order valence-corrected chi connectivity index (χ0v) is 59.3. The van der Waals surface area contributed by atoms with Crippen LogP contribution in [0.5, 0.6) is 0 Å². The number of carbonyl (C=O) groups excluding carboxylic acids is 11. The summed E-state index contributed by atoms with van der Waals surface area (Å²) in [7, 11) is 0. The third-order valence-electron chi connectivity index (χ3n) is 16.9. The number of quaternary nitrogens is 1. The van der Waals surface area contributed by atoms with E-state index in [0.717, 1.165) is 6.92 Å². The normalized spacial score (nSPS) is 16.3. The van der Waals surface area contributed by atoms with Crippen molar-refractivity contribution in [1.82, 2.24) is 63.1 Å². The number of H-pyrrole nitrogens is 1. The zero-order chi connectivity index (χ0) is 76.9. The Kier molecular flexibility index (Phi) is 34.6. The highest BCUT2D eigenvalue weighted by Gasteiger charge is 2.42. The molecule has 2 heterocycles. The fourth-order valence-electron chi connectivity index (χ4n) is 11.6. The predicted molar refractivity (Wildman–Crippen MR) is 369 cm³/mol. The number of carboxylic acid groups (broad SMARTS) is 4. The summed E-state index contributed by atoms with van der Waals surface area (Å²) in [6, 6.07) is -3.10. The topological polar surface area (TPSA) is 544 Å². The molecule has 0 saturated carbocycles. The summed E-state index contributed by atoms with van der Waals surface area (Å²) in [4.78, 5) is 207. The van der Waals surface area contributed by atoms with Crippen LogP contribution in [0.4, 0.5) is 0 Å². The number of rotatable bonds is 44. The van der Waals surface area contributed by atoms with Gasteiger partial charge in [-0.05, 0) is 86.8 Å². The summed E-state index contributed by atoms with van der Waals surface area (Å²) < 4.78 is 0. The van der Waals surface area contributed by atoms with Crippen LogP contribution >= 0.6 is 0 Å². The minimum atomic E-state index is -2.02. The highest BCUT2D eigenvalue weighted by atomic mass is 16.4. The minimum Gasteiger partial charge on any atom is -0.481 e. The van der Waals surface area contributed by atoms with Crippen molar-refractivity contribution in [3.63, 3.8) is 0 Å². The second kappa shape index (κ2) is 41.7. The molecule has 4 rings (SSSR count). The average Bonchev–Trinajstić information content (AvgIpc) is 1.76. The van der Waals surface area contributed by atoms with Crippen LogP contribution in [0.2, 0.25) is 0 Å². The summed E-state index contributed by atoms with van der Waals surface area (Å²) in [6.07, 6.45) is -2.50. The molecule has 0 radical (unpaired) electrons. The Labute approximate surface area is 595 Å². The highest BCUT2D eigenvalue weighted by molar-refractivity contribution is 6.00. The van der Waals surface area contributed by atoms with E-state index in [1.54, 1.807) is 109 Å². The monoisotopic (exact) mass is 1450 g/mol. The van der Waals surface area contributed by atoms with E-state index in [-0.39, 0.29) is 69.7 Å². The van der Waals surface area contributed by atoms with E-state index in [4.69, 9.17) is 10.2 Å². The number of aliphatic hydroxyl groups is 2. The van der Waals surface area contributed by atoms with Crippen molar-refractivity contribution < 1.29 is 108 Å². The lowest BCUT2D eigenvalue weighted by molar-refractivity contribution is -0.405. The Hall–Kier alpha value is -10.1. The number of amides is 11. The van der Waals surface area contributed by atoms with Crippen molar-refractivity contribution in [2.24, 2.45) is 17.8 Å². The molecule has 0 aliphatic carbocycles. The Morgan fingerprint density at radius 1 is 0.505 bits per heavy atom. The second-order valence-electron chi connectivity index (χ2n) is 27.1. The van der Waals surface area contributed by atoms with Gasteiger partial charge in [0, 0.05) is 49.3 Å². The molecule has 1 aliphatic heterocycles. The predicted octanol–water partition coefficient (Wildman–Crippen LogP) is -2.00. The molecule has 34 heteroatoms. The minimum absolute atomic E-state index is 0.00941. The number of aromatic amines is 1. The second-order valence-corrected chi connectivity index (χ2v) is 27.1. The molecule has 20 N–H and O–H groups in total. The standard InChI is InChI=1S/C69H101N13O21/c1-9-16-44(59(92)74-47(28-36(4)5)61(94)79-51(29-37(6)7)68(101)82-26-15-21-53(82)66(99)73-45(69(102)103)23-25-55(87)88)72-63(96)49(31-40-33-71-43-20-14-13-19-41(40)43)76-60(93)46(27-35(2)3)75-64(97)50(32-56(89)90)77-65(98)52(34-83)80-62(95)48(30-39-17-11-10-12-18-39)78-67(100)57(38(8)84)81-58(91)42(70)22-24-54(85)86/h10-14,17-20,33,35-38,42,44-53,57,71,83-84H,9,15-16,21-32,34,70H2,1-8H3,(H,72,96)(H,73,99)(H,74,92)(H,75,97)(H,76,93)(H,77,98)(H,78,100)(H,79,94)(H,80,95)(H,81,91)(H,85,86)(H,87,88)(H,89,90)(H,102,103)/p+1/t38-,42?,44+,45+,46+,47+,48+,49+,50+,51+,52+,53+,57+/m1/s1. The molecule has 1 aromatic heterocycles. The number of fused-ring (bicyclic) bond motifs is 1. The maximum atomic E-state index is 14.9. The molecule has 568 valence electrons. The number of carboxylic acids is 4. The Balaban J connectivity index is 1.60. The summed E-state index contributed by atoms with van der Waals surface area (Å²) in [5.41, 5.74) is 5.25. The highest BCUT2D eigenvalue weighted by Crippen LogP contribution is 2.23. The van der Waals surface area contributed by atoms with Crippen molar-refractivity contribution in [3.05, 3.63) is 71.9 Å². The maximum Gasteiger partial charge on any atom is 0.326 e. The van der Waals surface area contributed by atoms with Crippen molar-refractivity contribution >= 4 is 99.8 Å². The van der Waals surface area contributed by atoms with Crippen molar-refractivity contribution in [2.75, 3.05) is 13.2 Å². The first kappa shape index (κ1) is 85.3. The van der Waals surface area contributed by atoms with Crippen LogP contribution in [0, 0.1) is 17.8 Å². The summed E-state index contributed by atoms with van der Waals surface area (Å²) in [5, 5.41) is 84.7. The van der Waals surface area contributed by atoms with Gasteiger partial charge in [-0.15, -0.1) is 0 Å². The van der Waals surface area contributed by atoms with Crippen molar-refractivity contribution in [1.29, 1.82) is 0 Å². The molecule has 1 aliphatic rings. The first-order valence-corrected chi connectivity index (χ1v) is 34.5. The van der Waals surface area contributed by atoms with Gasteiger partial charge >= 0.3 is 23.9 Å². The van der Waals surface area contributed by atoms with Crippen LogP contribution in [-0.2, 0) is 84.8 Å². The van der Waals surface area contributed by atoms with Gasteiger partial charge < -0.3 is 99.4 Å². The Bertz CT molecular complexity index is 3460. The lowest BCUT2D eigenvalue weighted by Crippen LogP contribution is -2.70. The SMILES string of the molecule is CCC[C@H](NC(=O)[C@H](Cc1c[nH]c2ccccc12)NC(=O)[C@H](CC(C)C)NC(=O)[C@H](CC(=O)O)NC(=O)[C@H](CO)NC(=O)[C@H](Cc1ccccc1)NC(=O)[C@@H](NC(=O)C([NH3+])CCC(=O)O)[C@@H](C)O)C(=O)N[C@@H](CC(C)C)C(=O)N[C@@H](CC(C)C)C(=O)N1CCC[C@H]1C(=O)N[C@@H](CCC(=O)O)C(=O)O. The fraction of sp³-hybridized carbons (Fsp3) is 0.580. The molecular formula is C69H102N13O21+. The van der Waals surface area contributed by atoms with Crippen LogP contribution in [0.3, 0.4) is 0 Å². The average molecular weight is 1450 g/mol. The number of aliphatic hydroxyl groups excluding tert-OH is 2. The molecule has 13 atom stereocenters. The van der Waals surface area contributed by atoms with E-state index < -0.39 is 206 Å². The molecule has 0 bridgehead atoms. The van der Waals surface area contributed by atoms with Gasteiger partial charge in [0.1, 0.15) is 66.5 Å². The first-order chi connectivity index (χ1) is 48.5. The first-order valence-electron chi connectivity index (χ1n) is 34.5. The molecule has 3 aromatic rings. The number of carbonyl (C=O) groups is 15. The molecule has 1 fully saturated rings. The third-order valence-corrected chi connectivity index (χ3v) is 16.9. The van der Waals surface area contributed by atoms with Crippen molar-refractivity contribution in [3.8, 4) is 0 Å². The van der Waals surface area contributed by atoms with Crippen LogP contribution in [0.1, 0.15) is 144 Å². The van der Waals surface area contributed by atoms with E-state index in [0.29, 0.717) is 34.9 Å². The van der Waals surface area contributed by atoms with Gasteiger partial charge in [-0.2, -0.15) is 0 Å². The number of likely N-dealkylation sites (tertiary alicyclic amines) is 1. The Morgan fingerprint density at radius 2 is 0.971 bits per heavy atom. The number of aromatic nitrogens is 1. The molecule has 34 nitrogen and oxygen atoms in total. The molecular weight excluding hydrogens is 1350 g/mol. The van der Waals surface area contributed by atoms with Crippen LogP contribution in [-0.4, -0.2) is 221 Å². The lowest BCUT2D eigenvalue weighted by Gasteiger charge is -2.31. The van der Waals surface area contributed by atoms with Crippen LogP contribution in [0.25, 0.3) is 10.9 Å². The lowest BCUT2D eigenvalue weighted by atomic mass is 9.98. The maximum absolute atomic E-state index is 14.9. The molecule has 11 amide bonds. The molecule has 2 aromatic carbocycles. The largest absolute Gasteiger partial charge is 0.481 e. The van der Waals surface area contributed by atoms with E-state index >= 15 is 0 Å². The summed E-state index contributed by atoms with van der Waals surface area (Å²) in [6.45, 7) is 12.3. The number of hydrogen-bond donors (Lipinski definition) is 18. The van der Waals surface area contributed by atoms with Gasteiger partial charge in [0.15, 0.2) is 6.04 Å². The molecule has 103 heavy (non-hydrogen) atoms. The van der Waals surface area contributed by atoms with Crippen molar-refractivity contribution in [2.45, 2.75) is 224 Å². The molecule has 1 saturated heterocycles. The quantitative estimate of drug-likeness (QED) is 0.0291. The number of aliphatic carboxylic acids is 4. The molecule has 0 spiro atoms. The number of para-hydroxylation sites is 1. The van der Waals surface area contributed by atoms with Gasteiger partial charge in [0.2, 0.25) is 59.1 Å². The molecule has 1 unspecified atom stereocenters. The smallest absolute Gasteiger partial charge is 0.326 e. The van der Waals surface area contributed by atoms with E-state index in [1.165, 1.54) is 4.90 Å². The number of hydrogen-bond acceptors (Lipinski definition) is 17. The van der Waals surface area contributed by atoms with Gasteiger partial charge in [0.05, 0.1) is 25.6 Å². The van der Waals surface area contributed by atoms with E-state index in [9.17, 15) is 92.3 Å². The van der Waals surface area contributed by atoms with Crippen LogP contribution in [0.15, 0.2) is 60.8 Å². The number of nitrogens with zero attached hydrogens (tertiary/aromatic N) is 1. The fourth-order valence-corrected chi connectivity index (χ4v) is 11.6. The third kappa shape index (κ3) is 28.0. The summed E-state index contributed by atoms with van der Waals surface area (Å²) >= 11 is 0. The number of nitrogens with one attached hydrogen (secondary N) is 11. The van der Waals surface area contributed by atoms with Gasteiger partial charge in [0.25, 0.3) is 5.91 Å². The summed E-state index contributed by atoms with van der Waals surface area (Å²) in [5.74, 6) is -17.1. The number of benzene rings is 2. The Morgan fingerprint density at radius 3 is 1.51 bits per heavy atom. The zero-order valence-electron chi connectivity index (χ0n) is 59.3. The van der Waals surface area contributed by atoms with Gasteiger partial charge in [-0.25, -0.2) is 4.79 Å². The van der Waals surface area contributed by atoms with E-state index in [2.05, 4.69) is 63.9 Å². The van der Waals surface area contributed by atoms with Gasteiger partial charge in [-0.3, -0.25) is 67.1 Å². The van der Waals surface area contributed by atoms with Gasteiger partial charge in [-0.1, -0.05) is 103 Å².